The van der Waals surface area contributed by atoms with E-state index in [1.54, 1.807) is 16.9 Å². The summed E-state index contributed by atoms with van der Waals surface area (Å²) >= 11 is 0. The van der Waals surface area contributed by atoms with Crippen LogP contribution in [-0.2, 0) is 17.8 Å². The summed E-state index contributed by atoms with van der Waals surface area (Å²) in [6.07, 6.45) is 3.42. The second-order valence-corrected chi connectivity index (χ2v) is 5.64. The molecule has 0 amide bonds. The summed E-state index contributed by atoms with van der Waals surface area (Å²) in [5, 5.41) is 16.3. The number of ether oxygens (including phenoxy) is 2. The van der Waals surface area contributed by atoms with Gasteiger partial charge in [-0.25, -0.2) is 4.39 Å². The molecule has 1 N–H and O–H groups in total. The van der Waals surface area contributed by atoms with Gasteiger partial charge in [0.05, 0.1) is 37.2 Å². The van der Waals surface area contributed by atoms with Crippen LogP contribution in [0, 0.1) is 17.1 Å². The Morgan fingerprint density at radius 3 is 3.08 bits per heavy atom. The molecule has 0 unspecified atom stereocenters. The molecular formula is C17H19FN4O2. The van der Waals surface area contributed by atoms with Crippen molar-refractivity contribution >= 4 is 0 Å². The first-order chi connectivity index (χ1) is 11.7. The third-order valence-corrected chi connectivity index (χ3v) is 3.97. The van der Waals surface area contributed by atoms with E-state index < -0.39 is 5.82 Å². The number of rotatable bonds is 6. The summed E-state index contributed by atoms with van der Waals surface area (Å²) in [4.78, 5) is 0. The first-order valence-electron chi connectivity index (χ1n) is 7.88. The zero-order valence-electron chi connectivity index (χ0n) is 13.4. The van der Waals surface area contributed by atoms with Crippen molar-refractivity contribution < 1.29 is 13.9 Å². The van der Waals surface area contributed by atoms with E-state index in [4.69, 9.17) is 14.7 Å². The van der Waals surface area contributed by atoms with Crippen LogP contribution >= 0.6 is 0 Å². The molecule has 1 saturated heterocycles. The lowest BCUT2D eigenvalue weighted by atomic mass is 10.1. The van der Waals surface area contributed by atoms with E-state index in [9.17, 15) is 4.39 Å². The molecule has 0 spiro atoms. The second kappa shape index (κ2) is 7.43. The van der Waals surface area contributed by atoms with Gasteiger partial charge in [0.1, 0.15) is 18.0 Å². The standard InChI is InChI=1S/C17H19FN4O2/c1-2-22-9-14(8-21-22)24-17-11-23-10-16(17)20-7-12-3-4-13(6-19)15(18)5-12/h3-5,8-9,16-17,20H,2,7,10-11H2,1H3/t16-,17+/m0/s1. The van der Waals surface area contributed by atoms with Crippen molar-refractivity contribution in [1.82, 2.24) is 15.1 Å². The largest absolute Gasteiger partial charge is 0.483 e. The number of hydrogen-bond acceptors (Lipinski definition) is 5. The molecule has 1 aromatic heterocycles. The Morgan fingerprint density at radius 2 is 2.38 bits per heavy atom. The van der Waals surface area contributed by atoms with Gasteiger partial charge in [-0.15, -0.1) is 0 Å². The lowest BCUT2D eigenvalue weighted by molar-refractivity contribution is 0.139. The smallest absolute Gasteiger partial charge is 0.157 e. The van der Waals surface area contributed by atoms with Crippen molar-refractivity contribution in [2.45, 2.75) is 32.2 Å². The number of benzene rings is 1. The van der Waals surface area contributed by atoms with E-state index in [0.717, 1.165) is 12.1 Å². The predicted molar refractivity (Wildman–Crippen MR) is 84.9 cm³/mol. The fourth-order valence-corrected chi connectivity index (χ4v) is 2.60. The molecule has 6 nitrogen and oxygen atoms in total. The molecule has 1 aliphatic rings. The normalized spacial score (nSPS) is 20.0. The molecule has 1 aromatic carbocycles. The Kier molecular flexibility index (Phi) is 5.08. The Bertz CT molecular complexity index is 740. The third-order valence-electron chi connectivity index (χ3n) is 3.97. The molecule has 2 atom stereocenters. The van der Waals surface area contributed by atoms with Crippen molar-refractivity contribution in [3.8, 4) is 11.8 Å². The van der Waals surface area contributed by atoms with E-state index in [2.05, 4.69) is 10.4 Å². The van der Waals surface area contributed by atoms with Crippen molar-refractivity contribution in [2.24, 2.45) is 0 Å². The number of nitriles is 1. The van der Waals surface area contributed by atoms with Gasteiger partial charge in [-0.1, -0.05) is 6.07 Å². The fourth-order valence-electron chi connectivity index (χ4n) is 2.60. The van der Waals surface area contributed by atoms with E-state index in [1.807, 2.05) is 19.2 Å². The van der Waals surface area contributed by atoms with E-state index in [0.29, 0.717) is 25.5 Å². The molecule has 1 aliphatic heterocycles. The van der Waals surface area contributed by atoms with Crippen LogP contribution in [0.3, 0.4) is 0 Å². The number of nitrogens with one attached hydrogen (secondary N) is 1. The van der Waals surface area contributed by atoms with Crippen molar-refractivity contribution in [3.05, 3.63) is 47.5 Å². The number of aromatic nitrogens is 2. The van der Waals surface area contributed by atoms with Gasteiger partial charge < -0.3 is 14.8 Å². The summed E-state index contributed by atoms with van der Waals surface area (Å²) in [5.74, 6) is 0.211. The van der Waals surface area contributed by atoms with Crippen LogP contribution in [0.5, 0.6) is 5.75 Å². The van der Waals surface area contributed by atoms with Crippen LogP contribution in [0.25, 0.3) is 0 Å². The summed E-state index contributed by atoms with van der Waals surface area (Å²) < 4.78 is 26.9. The minimum absolute atomic E-state index is 0.00804. The maximum absolute atomic E-state index is 13.6. The number of aryl methyl sites for hydroxylation is 1. The van der Waals surface area contributed by atoms with Crippen LogP contribution in [-0.4, -0.2) is 35.1 Å². The summed E-state index contributed by atoms with van der Waals surface area (Å²) in [6.45, 7) is 4.31. The highest BCUT2D eigenvalue weighted by molar-refractivity contribution is 5.33. The van der Waals surface area contributed by atoms with Crippen LogP contribution < -0.4 is 10.1 Å². The monoisotopic (exact) mass is 330 g/mol. The average Bonchev–Trinajstić information content (AvgIpc) is 3.22. The molecular weight excluding hydrogens is 311 g/mol. The first-order valence-corrected chi connectivity index (χ1v) is 7.88. The molecule has 3 rings (SSSR count). The SMILES string of the molecule is CCn1cc(O[C@@H]2COC[C@@H]2NCc2ccc(C#N)c(F)c2)cn1. The Morgan fingerprint density at radius 1 is 1.50 bits per heavy atom. The average molecular weight is 330 g/mol. The molecule has 2 aromatic rings. The van der Waals surface area contributed by atoms with Gasteiger partial charge >= 0.3 is 0 Å². The molecule has 24 heavy (non-hydrogen) atoms. The van der Waals surface area contributed by atoms with Crippen LogP contribution in [0.15, 0.2) is 30.6 Å². The van der Waals surface area contributed by atoms with E-state index >= 15 is 0 Å². The Hall–Kier alpha value is -2.43. The molecule has 126 valence electrons. The second-order valence-electron chi connectivity index (χ2n) is 5.64. The summed E-state index contributed by atoms with van der Waals surface area (Å²) in [5.41, 5.74) is 0.827. The van der Waals surface area contributed by atoms with Gasteiger partial charge in [0, 0.05) is 13.1 Å². The van der Waals surface area contributed by atoms with Crippen molar-refractivity contribution in [1.29, 1.82) is 5.26 Å². The lowest BCUT2D eigenvalue weighted by Crippen LogP contribution is -2.41. The minimum Gasteiger partial charge on any atom is -0.483 e. The number of halogens is 1. The lowest BCUT2D eigenvalue weighted by Gasteiger charge is -2.19. The van der Waals surface area contributed by atoms with Crippen molar-refractivity contribution in [3.63, 3.8) is 0 Å². The molecule has 0 saturated carbocycles. The van der Waals surface area contributed by atoms with E-state index in [1.165, 1.54) is 12.1 Å². The Balaban J connectivity index is 1.58. The topological polar surface area (TPSA) is 72.1 Å². The maximum Gasteiger partial charge on any atom is 0.157 e. The number of hydrogen-bond donors (Lipinski definition) is 1. The van der Waals surface area contributed by atoms with Crippen LogP contribution in [0.1, 0.15) is 18.1 Å². The minimum atomic E-state index is -0.501. The van der Waals surface area contributed by atoms with Gasteiger partial charge in [0.2, 0.25) is 0 Å². The molecule has 0 aliphatic carbocycles. The summed E-state index contributed by atoms with van der Waals surface area (Å²) in [7, 11) is 0. The highest BCUT2D eigenvalue weighted by Gasteiger charge is 2.30. The quantitative estimate of drug-likeness (QED) is 0.875. The highest BCUT2D eigenvalue weighted by Crippen LogP contribution is 2.17. The predicted octanol–water partition coefficient (Wildman–Crippen LogP) is 1.85. The van der Waals surface area contributed by atoms with Gasteiger partial charge in [-0.2, -0.15) is 10.4 Å². The molecule has 0 radical (unpaired) electrons. The van der Waals surface area contributed by atoms with Gasteiger partial charge in [-0.05, 0) is 24.6 Å². The van der Waals surface area contributed by atoms with Gasteiger partial charge in [-0.3, -0.25) is 4.68 Å². The molecule has 0 bridgehead atoms. The zero-order chi connectivity index (χ0) is 16.9. The Labute approximate surface area is 139 Å². The zero-order valence-corrected chi connectivity index (χ0v) is 13.4. The maximum atomic E-state index is 13.6. The van der Waals surface area contributed by atoms with E-state index in [-0.39, 0.29) is 17.7 Å². The van der Waals surface area contributed by atoms with Gasteiger partial charge in [0.15, 0.2) is 5.75 Å². The van der Waals surface area contributed by atoms with Gasteiger partial charge in [0.25, 0.3) is 0 Å². The van der Waals surface area contributed by atoms with Crippen molar-refractivity contribution in [2.75, 3.05) is 13.2 Å². The van der Waals surface area contributed by atoms with Crippen LogP contribution in [0.4, 0.5) is 4.39 Å². The van der Waals surface area contributed by atoms with Crippen LogP contribution in [0.2, 0.25) is 0 Å². The summed E-state index contributed by atoms with van der Waals surface area (Å²) in [6, 6.07) is 6.44. The molecule has 7 heteroatoms. The highest BCUT2D eigenvalue weighted by atomic mass is 19.1. The number of nitrogens with zero attached hydrogens (tertiary/aromatic N) is 3. The fraction of sp³-hybridized carbons (Fsp3) is 0.412. The molecule has 1 fully saturated rings. The molecule has 2 heterocycles. The first kappa shape index (κ1) is 16.4. The third kappa shape index (κ3) is 3.72.